The van der Waals surface area contributed by atoms with E-state index in [0.717, 1.165) is 27.4 Å². The van der Waals surface area contributed by atoms with Crippen LogP contribution in [0.2, 0.25) is 0 Å². The summed E-state index contributed by atoms with van der Waals surface area (Å²) in [5.74, 6) is -0.654. The Morgan fingerprint density at radius 3 is 2.65 bits per heavy atom. The minimum absolute atomic E-state index is 0.00291. The molecule has 0 unspecified atom stereocenters. The fraction of sp³-hybridized carbons (Fsp3) is 0.125. The van der Waals surface area contributed by atoms with Crippen LogP contribution >= 0.6 is 0 Å². The number of amides is 1. The third-order valence-corrected chi connectivity index (χ3v) is 7.16. The first-order chi connectivity index (χ1) is 20.9. The molecule has 3 aromatic carbocycles. The number of esters is 1. The molecule has 0 aliphatic rings. The number of pyridine rings is 1. The highest BCUT2D eigenvalue weighted by Gasteiger charge is 2.20. The van der Waals surface area contributed by atoms with Crippen LogP contribution in [-0.4, -0.2) is 49.2 Å². The number of fused-ring (bicyclic) bond motifs is 2. The summed E-state index contributed by atoms with van der Waals surface area (Å²) in [6.45, 7) is 4.16. The lowest BCUT2D eigenvalue weighted by Crippen LogP contribution is -2.29. The number of aromatic amines is 1. The Bertz CT molecular complexity index is 2000. The van der Waals surface area contributed by atoms with Crippen molar-refractivity contribution in [3.63, 3.8) is 0 Å². The van der Waals surface area contributed by atoms with Gasteiger partial charge in [0, 0.05) is 40.8 Å². The highest BCUT2D eigenvalue weighted by molar-refractivity contribution is 6.05. The molecule has 0 saturated heterocycles. The average Bonchev–Trinajstić information content (AvgIpc) is 3.69. The molecule has 11 nitrogen and oxygen atoms in total. The second kappa shape index (κ2) is 11.6. The van der Waals surface area contributed by atoms with Gasteiger partial charge < -0.3 is 20.4 Å². The molecule has 0 aliphatic carbocycles. The van der Waals surface area contributed by atoms with Gasteiger partial charge >= 0.3 is 5.97 Å². The molecule has 214 valence electrons. The molecule has 3 N–H and O–H groups in total. The van der Waals surface area contributed by atoms with Crippen molar-refractivity contribution in [1.29, 1.82) is 0 Å². The Labute approximate surface area is 246 Å². The van der Waals surface area contributed by atoms with E-state index in [1.54, 1.807) is 17.0 Å². The van der Waals surface area contributed by atoms with Crippen molar-refractivity contribution in [2.45, 2.75) is 20.4 Å². The second-order valence-electron chi connectivity index (χ2n) is 10.0. The van der Waals surface area contributed by atoms with E-state index >= 15 is 0 Å². The number of carbonyl (C=O) groups is 2. The van der Waals surface area contributed by atoms with E-state index in [-0.39, 0.29) is 5.70 Å². The number of H-pyrrole nitrogens is 1. The quantitative estimate of drug-likeness (QED) is 0.174. The van der Waals surface area contributed by atoms with Crippen LogP contribution in [-0.2, 0) is 16.1 Å². The molecule has 0 bridgehead atoms. The highest BCUT2D eigenvalue weighted by atomic mass is 16.5. The number of aromatic nitrogens is 6. The molecule has 6 aromatic rings. The van der Waals surface area contributed by atoms with Crippen LogP contribution in [0.15, 0.2) is 84.8 Å². The Kier molecular flexibility index (Phi) is 7.35. The van der Waals surface area contributed by atoms with Gasteiger partial charge in [0.15, 0.2) is 0 Å². The number of hydrogen-bond acceptors (Lipinski definition) is 8. The second-order valence-corrected chi connectivity index (χ2v) is 10.0. The maximum Gasteiger partial charge on any atom is 0.354 e. The lowest BCUT2D eigenvalue weighted by Gasteiger charge is -2.15. The Hall–Kier alpha value is -5.84. The van der Waals surface area contributed by atoms with Gasteiger partial charge in [-0.05, 0) is 89.0 Å². The molecule has 1 amide bonds. The molecule has 0 aliphatic heterocycles. The largest absolute Gasteiger partial charge is 0.464 e. The standard InChI is InChI=1S/C32H28N8O3/c1-19-13-24(40-32(37-38-39-40)35-18-23-8-6-10-27-25(23)11-12-33-27)14-20(2)29(19)30(41)36-28(31(42)43-3)16-21-15-22-7-4-5-9-26(22)34-17-21/h4-17,33H,18H2,1-3H3,(H,36,41)(H,35,37,39). The van der Waals surface area contributed by atoms with E-state index in [1.165, 1.54) is 7.11 Å². The zero-order valence-corrected chi connectivity index (χ0v) is 23.8. The lowest BCUT2D eigenvalue weighted by atomic mass is 10.0. The monoisotopic (exact) mass is 572 g/mol. The highest BCUT2D eigenvalue weighted by Crippen LogP contribution is 2.23. The molecule has 6 rings (SSSR count). The van der Waals surface area contributed by atoms with Gasteiger partial charge in [-0.2, -0.15) is 4.68 Å². The Morgan fingerprint density at radius 1 is 1.02 bits per heavy atom. The summed E-state index contributed by atoms with van der Waals surface area (Å²) >= 11 is 0. The number of methoxy groups -OCH3 is 1. The molecular formula is C32H28N8O3. The van der Waals surface area contributed by atoms with Crippen molar-refractivity contribution in [3.05, 3.63) is 113 Å². The van der Waals surface area contributed by atoms with E-state index in [1.807, 2.05) is 86.8 Å². The third-order valence-electron chi connectivity index (χ3n) is 7.16. The fourth-order valence-corrected chi connectivity index (χ4v) is 5.15. The summed E-state index contributed by atoms with van der Waals surface area (Å²) in [6.07, 6.45) is 5.10. The van der Waals surface area contributed by atoms with Gasteiger partial charge in [0.05, 0.1) is 18.3 Å². The van der Waals surface area contributed by atoms with Crippen molar-refractivity contribution in [3.8, 4) is 5.69 Å². The van der Waals surface area contributed by atoms with Crippen molar-refractivity contribution < 1.29 is 14.3 Å². The molecule has 3 heterocycles. The van der Waals surface area contributed by atoms with Gasteiger partial charge in [-0.1, -0.05) is 35.4 Å². The van der Waals surface area contributed by atoms with Crippen LogP contribution in [0.25, 0.3) is 33.6 Å². The molecule has 0 atom stereocenters. The Balaban J connectivity index is 1.24. The number of ether oxygens (including phenoxy) is 1. The first-order valence-electron chi connectivity index (χ1n) is 13.6. The van der Waals surface area contributed by atoms with Crippen LogP contribution in [0, 0.1) is 13.8 Å². The first-order valence-corrected chi connectivity index (χ1v) is 13.6. The lowest BCUT2D eigenvalue weighted by molar-refractivity contribution is -0.136. The van der Waals surface area contributed by atoms with Gasteiger partial charge in [0.25, 0.3) is 5.91 Å². The van der Waals surface area contributed by atoms with Gasteiger partial charge in [-0.25, -0.2) is 4.79 Å². The average molecular weight is 573 g/mol. The van der Waals surface area contributed by atoms with E-state index < -0.39 is 11.9 Å². The molecule has 43 heavy (non-hydrogen) atoms. The number of para-hydroxylation sites is 1. The molecule has 3 aromatic heterocycles. The molecule has 0 saturated carbocycles. The van der Waals surface area contributed by atoms with Gasteiger partial charge in [-0.15, -0.1) is 0 Å². The summed E-state index contributed by atoms with van der Waals surface area (Å²) in [7, 11) is 1.27. The first kappa shape index (κ1) is 27.3. The van der Waals surface area contributed by atoms with Gasteiger partial charge in [0.2, 0.25) is 5.95 Å². The molecule has 0 radical (unpaired) electrons. The third kappa shape index (κ3) is 5.55. The number of tetrazole rings is 1. The van der Waals surface area contributed by atoms with Crippen LogP contribution in [0.4, 0.5) is 5.95 Å². The fourth-order valence-electron chi connectivity index (χ4n) is 5.15. The van der Waals surface area contributed by atoms with Gasteiger partial charge in [0.1, 0.15) is 5.70 Å². The molecule has 0 fully saturated rings. The van der Waals surface area contributed by atoms with E-state index in [2.05, 4.69) is 36.1 Å². The van der Waals surface area contributed by atoms with Gasteiger partial charge in [-0.3, -0.25) is 9.78 Å². The summed E-state index contributed by atoms with van der Waals surface area (Å²) in [5.41, 5.74) is 6.10. The predicted molar refractivity (Wildman–Crippen MR) is 163 cm³/mol. The van der Waals surface area contributed by atoms with E-state index in [0.29, 0.717) is 40.4 Å². The van der Waals surface area contributed by atoms with Crippen LogP contribution in [0.5, 0.6) is 0 Å². The minimum atomic E-state index is -0.673. The van der Waals surface area contributed by atoms with Crippen LogP contribution in [0.1, 0.15) is 32.6 Å². The Morgan fingerprint density at radius 2 is 1.84 bits per heavy atom. The number of hydrogen-bond donors (Lipinski definition) is 3. The normalized spacial score (nSPS) is 11.6. The zero-order valence-electron chi connectivity index (χ0n) is 23.8. The predicted octanol–water partition coefficient (Wildman–Crippen LogP) is 4.86. The SMILES string of the molecule is COC(=O)C(=Cc1cnc2ccccc2c1)NC(=O)c1c(C)cc(-n2nnnc2NCc2cccc3[nH]ccc23)cc1C. The maximum atomic E-state index is 13.5. The number of aryl methyl sites for hydroxylation is 2. The summed E-state index contributed by atoms with van der Waals surface area (Å²) in [4.78, 5) is 33.8. The van der Waals surface area contributed by atoms with Crippen LogP contribution < -0.4 is 10.6 Å². The smallest absolute Gasteiger partial charge is 0.354 e. The van der Waals surface area contributed by atoms with E-state index in [9.17, 15) is 9.59 Å². The molecular weight excluding hydrogens is 544 g/mol. The summed E-state index contributed by atoms with van der Waals surface area (Å²) in [5, 5.41) is 20.3. The number of nitrogens with one attached hydrogen (secondary N) is 3. The number of nitrogens with zero attached hydrogens (tertiary/aromatic N) is 5. The molecule has 11 heteroatoms. The van der Waals surface area contributed by atoms with Crippen molar-refractivity contribution >= 4 is 45.7 Å². The topological polar surface area (TPSA) is 140 Å². The van der Waals surface area contributed by atoms with Crippen molar-refractivity contribution in [1.82, 2.24) is 35.5 Å². The summed E-state index contributed by atoms with van der Waals surface area (Å²) < 4.78 is 6.54. The van der Waals surface area contributed by atoms with Crippen molar-refractivity contribution in [2.24, 2.45) is 0 Å². The number of benzene rings is 3. The van der Waals surface area contributed by atoms with E-state index in [4.69, 9.17) is 4.74 Å². The number of carbonyl (C=O) groups excluding carboxylic acids is 2. The minimum Gasteiger partial charge on any atom is -0.464 e. The zero-order chi connectivity index (χ0) is 29.9. The van der Waals surface area contributed by atoms with Crippen molar-refractivity contribution in [2.75, 3.05) is 12.4 Å². The summed E-state index contributed by atoms with van der Waals surface area (Å²) in [6, 6.07) is 21.3. The van der Waals surface area contributed by atoms with Crippen LogP contribution in [0.3, 0.4) is 0 Å². The molecule has 0 spiro atoms. The number of anilines is 1. The number of rotatable bonds is 8. The maximum absolute atomic E-state index is 13.5.